The predicted octanol–water partition coefficient (Wildman–Crippen LogP) is 2.45. The zero-order valence-electron chi connectivity index (χ0n) is 12.6. The quantitative estimate of drug-likeness (QED) is 0.786. The Bertz CT molecular complexity index is 670. The molecule has 1 saturated heterocycles. The standard InChI is InChI=1S/C16H19BrN4O/c1-2-12(17)16(22)21-9-7-20(8-10-21)15-11-18-13-5-3-4-6-14(13)19-15/h3-6,11-12H,2,7-10H2,1H3. The number of nitrogens with zero attached hydrogens (tertiary/aromatic N) is 4. The number of hydrogen-bond donors (Lipinski definition) is 0. The van der Waals surface area contributed by atoms with Gasteiger partial charge in [0.05, 0.1) is 22.1 Å². The topological polar surface area (TPSA) is 49.3 Å². The van der Waals surface area contributed by atoms with Crippen LogP contribution in [0.3, 0.4) is 0 Å². The first-order chi connectivity index (χ1) is 10.7. The third-order valence-electron chi connectivity index (χ3n) is 3.98. The van der Waals surface area contributed by atoms with Crippen LogP contribution in [0.1, 0.15) is 13.3 Å². The van der Waals surface area contributed by atoms with Crippen molar-refractivity contribution in [1.82, 2.24) is 14.9 Å². The summed E-state index contributed by atoms with van der Waals surface area (Å²) >= 11 is 3.44. The van der Waals surface area contributed by atoms with Gasteiger partial charge in [0.2, 0.25) is 5.91 Å². The van der Waals surface area contributed by atoms with Crippen LogP contribution in [0.4, 0.5) is 5.82 Å². The van der Waals surface area contributed by atoms with Crippen LogP contribution >= 0.6 is 15.9 Å². The summed E-state index contributed by atoms with van der Waals surface area (Å²) in [6, 6.07) is 7.87. The summed E-state index contributed by atoms with van der Waals surface area (Å²) in [6.45, 7) is 5.06. The molecule has 1 amide bonds. The van der Waals surface area contributed by atoms with Crippen molar-refractivity contribution in [2.75, 3.05) is 31.1 Å². The minimum atomic E-state index is -0.0699. The minimum Gasteiger partial charge on any atom is -0.352 e. The van der Waals surface area contributed by atoms with Gasteiger partial charge in [-0.3, -0.25) is 9.78 Å². The van der Waals surface area contributed by atoms with Crippen LogP contribution in [0, 0.1) is 0 Å². The van der Waals surface area contributed by atoms with Gasteiger partial charge in [-0.15, -0.1) is 0 Å². The van der Waals surface area contributed by atoms with Gasteiger partial charge in [-0.1, -0.05) is 35.0 Å². The van der Waals surface area contributed by atoms with Crippen molar-refractivity contribution in [2.24, 2.45) is 0 Å². The van der Waals surface area contributed by atoms with E-state index in [0.717, 1.165) is 49.5 Å². The second kappa shape index (κ2) is 6.60. The van der Waals surface area contributed by atoms with Gasteiger partial charge in [-0.25, -0.2) is 4.98 Å². The molecule has 116 valence electrons. The Labute approximate surface area is 138 Å². The largest absolute Gasteiger partial charge is 0.352 e. The van der Waals surface area contributed by atoms with E-state index in [1.807, 2.05) is 42.3 Å². The first-order valence-electron chi connectivity index (χ1n) is 7.58. The number of carbonyl (C=O) groups excluding carboxylic acids is 1. The van der Waals surface area contributed by atoms with Gasteiger partial charge in [-0.2, -0.15) is 0 Å². The summed E-state index contributed by atoms with van der Waals surface area (Å²) in [4.78, 5) is 25.4. The van der Waals surface area contributed by atoms with E-state index in [-0.39, 0.29) is 10.7 Å². The number of para-hydroxylation sites is 2. The molecule has 0 radical (unpaired) electrons. The highest BCUT2D eigenvalue weighted by Crippen LogP contribution is 2.18. The Kier molecular flexibility index (Phi) is 4.57. The van der Waals surface area contributed by atoms with Gasteiger partial charge in [0.15, 0.2) is 0 Å². The van der Waals surface area contributed by atoms with Crippen LogP contribution < -0.4 is 4.90 Å². The van der Waals surface area contributed by atoms with Crippen molar-refractivity contribution in [3.8, 4) is 0 Å². The van der Waals surface area contributed by atoms with Crippen molar-refractivity contribution < 1.29 is 4.79 Å². The lowest BCUT2D eigenvalue weighted by atomic mass is 10.2. The summed E-state index contributed by atoms with van der Waals surface area (Å²) in [5, 5.41) is 0. The molecule has 0 spiro atoms. The zero-order chi connectivity index (χ0) is 15.5. The summed E-state index contributed by atoms with van der Waals surface area (Å²) in [5.74, 6) is 1.07. The van der Waals surface area contributed by atoms with E-state index in [0.29, 0.717) is 0 Å². The van der Waals surface area contributed by atoms with Gasteiger partial charge in [0.25, 0.3) is 0 Å². The van der Waals surface area contributed by atoms with Gasteiger partial charge in [-0.05, 0) is 18.6 Å². The summed E-state index contributed by atoms with van der Waals surface area (Å²) in [6.07, 6.45) is 2.63. The molecule has 3 rings (SSSR count). The second-order valence-electron chi connectivity index (χ2n) is 5.41. The number of aromatic nitrogens is 2. The number of benzene rings is 1. The maximum atomic E-state index is 12.2. The summed E-state index contributed by atoms with van der Waals surface area (Å²) in [7, 11) is 0. The third kappa shape index (κ3) is 3.06. The number of rotatable bonds is 3. The Balaban J connectivity index is 1.68. The maximum Gasteiger partial charge on any atom is 0.236 e. The fraction of sp³-hybridized carbons (Fsp3) is 0.438. The highest BCUT2D eigenvalue weighted by Gasteiger charge is 2.25. The molecule has 2 heterocycles. The Morgan fingerprint density at radius 1 is 1.23 bits per heavy atom. The summed E-state index contributed by atoms with van der Waals surface area (Å²) < 4.78 is 0. The fourth-order valence-electron chi connectivity index (χ4n) is 2.63. The molecule has 2 aromatic rings. The number of anilines is 1. The van der Waals surface area contributed by atoms with E-state index in [2.05, 4.69) is 30.8 Å². The minimum absolute atomic E-state index is 0.0699. The van der Waals surface area contributed by atoms with Crippen molar-refractivity contribution in [3.05, 3.63) is 30.5 Å². The number of halogens is 1. The molecule has 6 heteroatoms. The van der Waals surface area contributed by atoms with Crippen molar-refractivity contribution in [3.63, 3.8) is 0 Å². The first-order valence-corrected chi connectivity index (χ1v) is 8.50. The monoisotopic (exact) mass is 362 g/mol. The van der Waals surface area contributed by atoms with Gasteiger partial charge >= 0.3 is 0 Å². The Hall–Kier alpha value is -1.69. The molecule has 1 fully saturated rings. The number of hydrogen-bond acceptors (Lipinski definition) is 4. The smallest absolute Gasteiger partial charge is 0.236 e. The fourth-order valence-corrected chi connectivity index (χ4v) is 2.92. The SMILES string of the molecule is CCC(Br)C(=O)N1CCN(c2cnc3ccccc3n2)CC1. The molecule has 0 saturated carbocycles. The number of fused-ring (bicyclic) bond motifs is 1. The zero-order valence-corrected chi connectivity index (χ0v) is 14.2. The maximum absolute atomic E-state index is 12.2. The number of alkyl halides is 1. The number of amides is 1. The molecular weight excluding hydrogens is 344 g/mol. The van der Waals surface area contributed by atoms with E-state index < -0.39 is 0 Å². The first kappa shape index (κ1) is 15.2. The normalized spacial score (nSPS) is 16.8. The average molecular weight is 363 g/mol. The molecule has 1 unspecified atom stereocenters. The molecule has 22 heavy (non-hydrogen) atoms. The van der Waals surface area contributed by atoms with E-state index in [1.165, 1.54) is 0 Å². The van der Waals surface area contributed by atoms with Gasteiger partial charge in [0, 0.05) is 26.2 Å². The molecular formula is C16H19BrN4O. The van der Waals surface area contributed by atoms with E-state index in [9.17, 15) is 4.79 Å². The number of piperazine rings is 1. The Morgan fingerprint density at radius 3 is 2.59 bits per heavy atom. The molecule has 1 aromatic carbocycles. The molecule has 0 bridgehead atoms. The average Bonchev–Trinajstić information content (AvgIpc) is 2.60. The van der Waals surface area contributed by atoms with Crippen LogP contribution in [0.15, 0.2) is 30.5 Å². The van der Waals surface area contributed by atoms with Crippen LogP contribution in [0.2, 0.25) is 0 Å². The van der Waals surface area contributed by atoms with Gasteiger partial charge < -0.3 is 9.80 Å². The van der Waals surface area contributed by atoms with Crippen molar-refractivity contribution >= 4 is 38.7 Å². The predicted molar refractivity (Wildman–Crippen MR) is 91.3 cm³/mol. The lowest BCUT2D eigenvalue weighted by molar-refractivity contribution is -0.130. The second-order valence-corrected chi connectivity index (χ2v) is 6.51. The molecule has 5 nitrogen and oxygen atoms in total. The van der Waals surface area contributed by atoms with Gasteiger partial charge in [0.1, 0.15) is 5.82 Å². The molecule has 0 N–H and O–H groups in total. The lowest BCUT2D eigenvalue weighted by Gasteiger charge is -2.36. The van der Waals surface area contributed by atoms with Crippen LogP contribution in [0.5, 0.6) is 0 Å². The van der Waals surface area contributed by atoms with E-state index in [1.54, 1.807) is 0 Å². The highest BCUT2D eigenvalue weighted by atomic mass is 79.9. The molecule has 0 aliphatic carbocycles. The molecule has 1 atom stereocenters. The molecule has 1 aliphatic heterocycles. The molecule has 1 aromatic heterocycles. The van der Waals surface area contributed by atoms with Crippen LogP contribution in [-0.2, 0) is 4.79 Å². The highest BCUT2D eigenvalue weighted by molar-refractivity contribution is 9.10. The van der Waals surface area contributed by atoms with Crippen LogP contribution in [-0.4, -0.2) is 51.8 Å². The van der Waals surface area contributed by atoms with Crippen LogP contribution in [0.25, 0.3) is 11.0 Å². The van der Waals surface area contributed by atoms with E-state index >= 15 is 0 Å². The third-order valence-corrected chi connectivity index (χ3v) is 5.02. The summed E-state index contributed by atoms with van der Waals surface area (Å²) in [5.41, 5.74) is 1.81. The molecule has 1 aliphatic rings. The van der Waals surface area contributed by atoms with Crippen molar-refractivity contribution in [2.45, 2.75) is 18.2 Å². The lowest BCUT2D eigenvalue weighted by Crippen LogP contribution is -2.50. The number of carbonyl (C=O) groups is 1. The Morgan fingerprint density at radius 2 is 1.91 bits per heavy atom. The van der Waals surface area contributed by atoms with Crippen molar-refractivity contribution in [1.29, 1.82) is 0 Å². The van der Waals surface area contributed by atoms with E-state index in [4.69, 9.17) is 0 Å².